The lowest BCUT2D eigenvalue weighted by atomic mass is 10.2. The van der Waals surface area contributed by atoms with Crippen molar-refractivity contribution in [1.29, 1.82) is 0 Å². The minimum Gasteiger partial charge on any atom is -0.439 e. The van der Waals surface area contributed by atoms with Crippen LogP contribution in [-0.4, -0.2) is 15.8 Å². The molecular weight excluding hydrogens is 250 g/mol. The van der Waals surface area contributed by atoms with Gasteiger partial charge in [-0.15, -0.1) is 0 Å². The van der Waals surface area contributed by atoms with Crippen LogP contribution < -0.4 is 10.1 Å². The second-order valence-corrected chi connectivity index (χ2v) is 5.57. The summed E-state index contributed by atoms with van der Waals surface area (Å²) in [4.78, 5) is 0. The summed E-state index contributed by atoms with van der Waals surface area (Å²) in [5.74, 6) is 1.70. The molecule has 1 aromatic carbocycles. The van der Waals surface area contributed by atoms with E-state index in [4.69, 9.17) is 4.74 Å². The Balaban J connectivity index is 1.83. The van der Waals surface area contributed by atoms with E-state index < -0.39 is 0 Å². The van der Waals surface area contributed by atoms with Crippen molar-refractivity contribution in [2.24, 2.45) is 7.05 Å². The summed E-state index contributed by atoms with van der Waals surface area (Å²) >= 11 is 0. The number of rotatable bonds is 5. The summed E-state index contributed by atoms with van der Waals surface area (Å²) in [5.41, 5.74) is 3.38. The number of aryl methyl sites for hydroxylation is 3. The van der Waals surface area contributed by atoms with Crippen molar-refractivity contribution in [3.8, 4) is 11.6 Å². The fourth-order valence-corrected chi connectivity index (χ4v) is 2.34. The highest BCUT2D eigenvalue weighted by Gasteiger charge is 2.23. The van der Waals surface area contributed by atoms with Crippen LogP contribution in [0.1, 0.15) is 29.7 Å². The minimum atomic E-state index is 0.682. The monoisotopic (exact) mass is 271 g/mol. The molecule has 1 aliphatic rings. The van der Waals surface area contributed by atoms with Crippen LogP contribution >= 0.6 is 0 Å². The van der Waals surface area contributed by atoms with Gasteiger partial charge in [0.15, 0.2) is 0 Å². The molecule has 1 aromatic heterocycles. The molecule has 1 N–H and O–H groups in total. The summed E-state index contributed by atoms with van der Waals surface area (Å²) in [6.45, 7) is 4.93. The third-order valence-corrected chi connectivity index (χ3v) is 3.64. The van der Waals surface area contributed by atoms with Crippen LogP contribution in [0.4, 0.5) is 0 Å². The molecule has 4 heteroatoms. The zero-order valence-corrected chi connectivity index (χ0v) is 12.3. The Bertz CT molecular complexity index is 614. The van der Waals surface area contributed by atoms with Gasteiger partial charge in [-0.2, -0.15) is 5.10 Å². The topological polar surface area (TPSA) is 39.1 Å². The van der Waals surface area contributed by atoms with Crippen LogP contribution in [0.15, 0.2) is 24.3 Å². The molecule has 0 spiro atoms. The Labute approximate surface area is 119 Å². The van der Waals surface area contributed by atoms with Gasteiger partial charge in [0.1, 0.15) is 5.75 Å². The van der Waals surface area contributed by atoms with Crippen molar-refractivity contribution in [2.75, 3.05) is 0 Å². The maximum atomic E-state index is 6.06. The van der Waals surface area contributed by atoms with Gasteiger partial charge >= 0.3 is 0 Å². The number of hydrogen-bond donors (Lipinski definition) is 1. The maximum Gasteiger partial charge on any atom is 0.222 e. The summed E-state index contributed by atoms with van der Waals surface area (Å²) in [7, 11) is 1.93. The first-order valence-corrected chi connectivity index (χ1v) is 7.14. The Morgan fingerprint density at radius 3 is 2.85 bits per heavy atom. The predicted octanol–water partition coefficient (Wildman–Crippen LogP) is 3.08. The highest BCUT2D eigenvalue weighted by molar-refractivity contribution is 5.37. The van der Waals surface area contributed by atoms with Gasteiger partial charge in [-0.25, -0.2) is 4.68 Å². The van der Waals surface area contributed by atoms with E-state index in [1.807, 2.05) is 36.9 Å². The third-order valence-electron chi connectivity index (χ3n) is 3.64. The molecule has 1 aliphatic carbocycles. The summed E-state index contributed by atoms with van der Waals surface area (Å²) in [6.07, 6.45) is 2.57. The molecule has 4 nitrogen and oxygen atoms in total. The Morgan fingerprint density at radius 1 is 1.35 bits per heavy atom. The summed E-state index contributed by atoms with van der Waals surface area (Å²) in [6, 6.07) is 8.78. The van der Waals surface area contributed by atoms with Gasteiger partial charge in [-0.05, 0) is 44.4 Å². The fourth-order valence-electron chi connectivity index (χ4n) is 2.34. The van der Waals surface area contributed by atoms with E-state index in [2.05, 4.69) is 23.4 Å². The molecular formula is C16H21N3O. The number of nitrogens with zero attached hydrogens (tertiary/aromatic N) is 2. The highest BCUT2D eigenvalue weighted by atomic mass is 16.5. The van der Waals surface area contributed by atoms with Crippen LogP contribution in [0.25, 0.3) is 0 Å². The normalized spacial score (nSPS) is 14.6. The smallest absolute Gasteiger partial charge is 0.222 e. The van der Waals surface area contributed by atoms with E-state index in [1.54, 1.807) is 0 Å². The van der Waals surface area contributed by atoms with Gasteiger partial charge in [-0.3, -0.25) is 0 Å². The molecule has 0 unspecified atom stereocenters. The molecule has 2 aromatic rings. The van der Waals surface area contributed by atoms with Crippen LogP contribution in [0.2, 0.25) is 0 Å². The van der Waals surface area contributed by atoms with E-state index >= 15 is 0 Å². The van der Waals surface area contributed by atoms with Crippen LogP contribution in [0.5, 0.6) is 11.6 Å². The van der Waals surface area contributed by atoms with Crippen molar-refractivity contribution < 1.29 is 4.74 Å². The van der Waals surface area contributed by atoms with Crippen LogP contribution in [-0.2, 0) is 13.6 Å². The molecule has 20 heavy (non-hydrogen) atoms. The molecule has 1 saturated carbocycles. The van der Waals surface area contributed by atoms with Crippen molar-refractivity contribution in [3.63, 3.8) is 0 Å². The second-order valence-electron chi connectivity index (χ2n) is 5.57. The zero-order valence-electron chi connectivity index (χ0n) is 12.3. The van der Waals surface area contributed by atoms with Gasteiger partial charge in [-0.1, -0.05) is 12.1 Å². The molecule has 3 rings (SSSR count). The SMILES string of the molecule is Cc1cccc(Oc2c(CNC3CC3)c(C)nn2C)c1. The van der Waals surface area contributed by atoms with Gasteiger partial charge in [0, 0.05) is 19.6 Å². The van der Waals surface area contributed by atoms with Crippen LogP contribution in [0, 0.1) is 13.8 Å². The second kappa shape index (κ2) is 5.29. The first-order valence-electron chi connectivity index (χ1n) is 7.14. The van der Waals surface area contributed by atoms with Crippen molar-refractivity contribution in [3.05, 3.63) is 41.1 Å². The molecule has 0 radical (unpaired) electrons. The van der Waals surface area contributed by atoms with E-state index in [0.29, 0.717) is 6.04 Å². The molecule has 0 aliphatic heterocycles. The fraction of sp³-hybridized carbons (Fsp3) is 0.438. The largest absolute Gasteiger partial charge is 0.439 e. The number of benzene rings is 1. The average molecular weight is 271 g/mol. The predicted molar refractivity (Wildman–Crippen MR) is 79.1 cm³/mol. The number of hydrogen-bond acceptors (Lipinski definition) is 3. The lowest BCUT2D eigenvalue weighted by Gasteiger charge is -2.10. The standard InChI is InChI=1S/C16H21N3O/c1-11-5-4-6-14(9-11)20-16-15(10-17-13-7-8-13)12(2)18-19(16)3/h4-6,9,13,17H,7-8,10H2,1-3H3. The number of aromatic nitrogens is 2. The van der Waals surface area contributed by atoms with Crippen LogP contribution in [0.3, 0.4) is 0 Å². The first kappa shape index (κ1) is 13.2. The molecule has 0 bridgehead atoms. The quantitative estimate of drug-likeness (QED) is 0.908. The molecule has 0 amide bonds. The lowest BCUT2D eigenvalue weighted by Crippen LogP contribution is -2.16. The number of nitrogens with one attached hydrogen (secondary N) is 1. The molecule has 0 atom stereocenters. The average Bonchev–Trinajstić information content (AvgIpc) is 3.17. The van der Waals surface area contributed by atoms with E-state index in [-0.39, 0.29) is 0 Å². The lowest BCUT2D eigenvalue weighted by molar-refractivity contribution is 0.423. The van der Waals surface area contributed by atoms with Gasteiger partial charge in [0.2, 0.25) is 5.88 Å². The molecule has 1 heterocycles. The number of ether oxygens (including phenoxy) is 1. The van der Waals surface area contributed by atoms with E-state index in [9.17, 15) is 0 Å². The van der Waals surface area contributed by atoms with Gasteiger partial charge < -0.3 is 10.1 Å². The van der Waals surface area contributed by atoms with Gasteiger partial charge in [0.25, 0.3) is 0 Å². The Morgan fingerprint density at radius 2 is 2.15 bits per heavy atom. The van der Waals surface area contributed by atoms with Gasteiger partial charge in [0.05, 0.1) is 11.3 Å². The van der Waals surface area contributed by atoms with Crippen molar-refractivity contribution in [2.45, 2.75) is 39.3 Å². The maximum absolute atomic E-state index is 6.06. The molecule has 1 fully saturated rings. The molecule has 106 valence electrons. The highest BCUT2D eigenvalue weighted by Crippen LogP contribution is 2.28. The summed E-state index contributed by atoms with van der Waals surface area (Å²) < 4.78 is 7.88. The summed E-state index contributed by atoms with van der Waals surface area (Å²) in [5, 5.41) is 8.01. The van der Waals surface area contributed by atoms with E-state index in [0.717, 1.165) is 29.4 Å². The van der Waals surface area contributed by atoms with Crippen molar-refractivity contribution in [1.82, 2.24) is 15.1 Å². The van der Waals surface area contributed by atoms with E-state index in [1.165, 1.54) is 18.4 Å². The first-order chi connectivity index (χ1) is 9.63. The molecule has 0 saturated heterocycles. The Hall–Kier alpha value is -1.81. The minimum absolute atomic E-state index is 0.682. The van der Waals surface area contributed by atoms with Crippen molar-refractivity contribution >= 4 is 0 Å². The zero-order chi connectivity index (χ0) is 14.1. The third kappa shape index (κ3) is 2.85. The Kier molecular flexibility index (Phi) is 3.49.